The summed E-state index contributed by atoms with van der Waals surface area (Å²) in [4.78, 5) is 17.7. The van der Waals surface area contributed by atoms with Gasteiger partial charge in [-0.25, -0.2) is 4.98 Å². The van der Waals surface area contributed by atoms with Crippen molar-refractivity contribution >= 4 is 16.8 Å². The van der Waals surface area contributed by atoms with Crippen LogP contribution in [0.4, 0.5) is 0 Å². The Bertz CT molecular complexity index is 1020. The average molecular weight is 408 g/mol. The number of benzene rings is 2. The Morgan fingerprint density at radius 1 is 1.00 bits per heavy atom. The summed E-state index contributed by atoms with van der Waals surface area (Å²) in [5.41, 5.74) is 2.76. The summed E-state index contributed by atoms with van der Waals surface area (Å²) < 4.78 is 16.3. The lowest BCUT2D eigenvalue weighted by molar-refractivity contribution is 0.0953. The van der Waals surface area contributed by atoms with Gasteiger partial charge in [-0.3, -0.25) is 4.79 Å². The lowest BCUT2D eigenvalue weighted by Gasteiger charge is -2.15. The van der Waals surface area contributed by atoms with Crippen LogP contribution >= 0.6 is 0 Å². The number of para-hydroxylation sites is 1. The molecule has 1 amide bonds. The molecule has 0 spiro atoms. The van der Waals surface area contributed by atoms with Crippen LogP contribution in [-0.2, 0) is 0 Å². The number of fused-ring (bicyclic) bond motifs is 1. The molecule has 0 saturated carbocycles. The second-order valence-corrected chi connectivity index (χ2v) is 7.42. The molecule has 0 aliphatic carbocycles. The number of nitrogens with zero attached hydrogens (tertiary/aromatic N) is 1. The Hall–Kier alpha value is -3.28. The lowest BCUT2D eigenvalue weighted by Crippen LogP contribution is -2.25. The van der Waals surface area contributed by atoms with Gasteiger partial charge in [0.1, 0.15) is 0 Å². The van der Waals surface area contributed by atoms with Crippen LogP contribution in [0.2, 0.25) is 0 Å². The van der Waals surface area contributed by atoms with Gasteiger partial charge in [0, 0.05) is 17.5 Å². The molecule has 2 aromatic carbocycles. The maximum atomic E-state index is 13.0. The van der Waals surface area contributed by atoms with Crippen LogP contribution in [-0.4, -0.2) is 38.8 Å². The smallest absolute Gasteiger partial charge is 0.252 e. The first kappa shape index (κ1) is 21.4. The van der Waals surface area contributed by atoms with Crippen LogP contribution in [0.3, 0.4) is 0 Å². The molecule has 3 aromatic rings. The summed E-state index contributed by atoms with van der Waals surface area (Å²) in [5.74, 6) is 1.99. The van der Waals surface area contributed by atoms with E-state index in [-0.39, 0.29) is 5.91 Å². The maximum Gasteiger partial charge on any atom is 0.252 e. The molecule has 1 aromatic heterocycles. The van der Waals surface area contributed by atoms with E-state index in [0.29, 0.717) is 41.0 Å². The second-order valence-electron chi connectivity index (χ2n) is 7.42. The Morgan fingerprint density at radius 2 is 1.67 bits per heavy atom. The van der Waals surface area contributed by atoms with Gasteiger partial charge in [0.15, 0.2) is 11.5 Å². The van der Waals surface area contributed by atoms with Gasteiger partial charge in [0.25, 0.3) is 5.91 Å². The minimum absolute atomic E-state index is 0.108. The van der Waals surface area contributed by atoms with Gasteiger partial charge in [-0.15, -0.1) is 0 Å². The van der Waals surface area contributed by atoms with E-state index in [4.69, 9.17) is 19.2 Å². The van der Waals surface area contributed by atoms with Crippen LogP contribution in [0.5, 0.6) is 17.2 Å². The zero-order valence-electron chi connectivity index (χ0n) is 18.1. The molecule has 30 heavy (non-hydrogen) atoms. The summed E-state index contributed by atoms with van der Waals surface area (Å²) in [6.07, 6.45) is 0.925. The summed E-state index contributed by atoms with van der Waals surface area (Å²) >= 11 is 0. The van der Waals surface area contributed by atoms with E-state index in [2.05, 4.69) is 19.2 Å². The van der Waals surface area contributed by atoms with Crippen molar-refractivity contribution in [1.29, 1.82) is 0 Å². The first-order valence-electron chi connectivity index (χ1n) is 9.96. The molecular weight excluding hydrogens is 380 g/mol. The van der Waals surface area contributed by atoms with Crippen molar-refractivity contribution in [3.05, 3.63) is 48.0 Å². The Balaban J connectivity index is 2.10. The highest BCUT2D eigenvalue weighted by Crippen LogP contribution is 2.41. The highest BCUT2D eigenvalue weighted by Gasteiger charge is 2.18. The standard InChI is InChI=1S/C24H28N2O4/c1-15(2)10-11-25-24(27)18-14-20(26-19-9-7-6-8-17(18)19)16-12-21(28-3)23(30-5)22(13-16)29-4/h6-9,12-15H,10-11H2,1-5H3,(H,25,27). The van der Waals surface area contributed by atoms with E-state index < -0.39 is 0 Å². The lowest BCUT2D eigenvalue weighted by atomic mass is 10.0. The average Bonchev–Trinajstić information content (AvgIpc) is 2.76. The first-order chi connectivity index (χ1) is 14.5. The number of rotatable bonds is 8. The number of amides is 1. The number of pyridine rings is 1. The summed E-state index contributed by atoms with van der Waals surface area (Å²) in [5, 5.41) is 3.84. The molecule has 0 saturated heterocycles. The predicted octanol–water partition coefficient (Wildman–Crippen LogP) is 4.70. The molecule has 158 valence electrons. The minimum Gasteiger partial charge on any atom is -0.493 e. The van der Waals surface area contributed by atoms with Crippen LogP contribution < -0.4 is 19.5 Å². The third kappa shape index (κ3) is 4.48. The van der Waals surface area contributed by atoms with Crippen molar-refractivity contribution in [2.45, 2.75) is 20.3 Å². The molecule has 6 nitrogen and oxygen atoms in total. The van der Waals surface area contributed by atoms with Crippen molar-refractivity contribution in [1.82, 2.24) is 10.3 Å². The normalized spacial score (nSPS) is 10.9. The van der Waals surface area contributed by atoms with Gasteiger partial charge >= 0.3 is 0 Å². The third-order valence-electron chi connectivity index (χ3n) is 4.93. The summed E-state index contributed by atoms with van der Waals surface area (Å²) in [6, 6.07) is 13.1. The molecule has 0 bridgehead atoms. The van der Waals surface area contributed by atoms with E-state index in [9.17, 15) is 4.79 Å². The second kappa shape index (κ2) is 9.48. The van der Waals surface area contributed by atoms with Crippen molar-refractivity contribution in [2.75, 3.05) is 27.9 Å². The fourth-order valence-corrected chi connectivity index (χ4v) is 3.31. The SMILES string of the molecule is COc1cc(-c2cc(C(=O)NCCC(C)C)c3ccccc3n2)cc(OC)c1OC. The molecule has 0 aliphatic rings. The van der Waals surface area contributed by atoms with Gasteiger partial charge in [0.05, 0.1) is 38.1 Å². The number of carbonyl (C=O) groups is 1. The van der Waals surface area contributed by atoms with E-state index in [1.807, 2.05) is 42.5 Å². The van der Waals surface area contributed by atoms with Crippen LogP contribution in [0.1, 0.15) is 30.6 Å². The molecule has 0 atom stereocenters. The topological polar surface area (TPSA) is 69.7 Å². The number of hydrogen-bond acceptors (Lipinski definition) is 5. The zero-order valence-corrected chi connectivity index (χ0v) is 18.1. The Morgan fingerprint density at radius 3 is 2.27 bits per heavy atom. The molecule has 0 fully saturated rings. The van der Waals surface area contributed by atoms with Crippen LogP contribution in [0.25, 0.3) is 22.2 Å². The molecule has 0 aliphatic heterocycles. The largest absolute Gasteiger partial charge is 0.493 e. The molecule has 1 heterocycles. The number of carbonyl (C=O) groups excluding carboxylic acids is 1. The number of aromatic nitrogens is 1. The van der Waals surface area contributed by atoms with E-state index in [0.717, 1.165) is 22.9 Å². The molecule has 3 rings (SSSR count). The quantitative estimate of drug-likeness (QED) is 0.585. The van der Waals surface area contributed by atoms with Gasteiger partial charge in [0.2, 0.25) is 5.75 Å². The summed E-state index contributed by atoms with van der Waals surface area (Å²) in [6.45, 7) is 4.90. The van der Waals surface area contributed by atoms with Crippen molar-refractivity contribution < 1.29 is 19.0 Å². The van der Waals surface area contributed by atoms with Gasteiger partial charge in [-0.1, -0.05) is 32.0 Å². The summed E-state index contributed by atoms with van der Waals surface area (Å²) in [7, 11) is 4.71. The van der Waals surface area contributed by atoms with Gasteiger partial charge in [-0.2, -0.15) is 0 Å². The van der Waals surface area contributed by atoms with Crippen LogP contribution in [0.15, 0.2) is 42.5 Å². The van der Waals surface area contributed by atoms with E-state index >= 15 is 0 Å². The molecule has 0 unspecified atom stereocenters. The van der Waals surface area contributed by atoms with Crippen molar-refractivity contribution in [3.8, 4) is 28.5 Å². The van der Waals surface area contributed by atoms with E-state index in [1.165, 1.54) is 0 Å². The third-order valence-corrected chi connectivity index (χ3v) is 4.93. The van der Waals surface area contributed by atoms with E-state index in [1.54, 1.807) is 21.3 Å². The highest BCUT2D eigenvalue weighted by atomic mass is 16.5. The Kier molecular flexibility index (Phi) is 6.77. The van der Waals surface area contributed by atoms with Crippen molar-refractivity contribution in [3.63, 3.8) is 0 Å². The maximum absolute atomic E-state index is 13.0. The molecular formula is C24H28N2O4. The Labute approximate surface area is 177 Å². The number of nitrogens with one attached hydrogen (secondary N) is 1. The molecule has 6 heteroatoms. The highest BCUT2D eigenvalue weighted by molar-refractivity contribution is 6.07. The fraction of sp³-hybridized carbons (Fsp3) is 0.333. The van der Waals surface area contributed by atoms with Gasteiger partial charge in [-0.05, 0) is 36.6 Å². The van der Waals surface area contributed by atoms with Crippen molar-refractivity contribution in [2.24, 2.45) is 5.92 Å². The monoisotopic (exact) mass is 408 g/mol. The first-order valence-corrected chi connectivity index (χ1v) is 9.96. The number of hydrogen-bond donors (Lipinski definition) is 1. The predicted molar refractivity (Wildman–Crippen MR) is 119 cm³/mol. The number of ether oxygens (including phenoxy) is 3. The molecule has 1 N–H and O–H groups in total. The molecule has 0 radical (unpaired) electrons. The van der Waals surface area contributed by atoms with Gasteiger partial charge < -0.3 is 19.5 Å². The fourth-order valence-electron chi connectivity index (χ4n) is 3.31. The zero-order chi connectivity index (χ0) is 21.7. The van der Waals surface area contributed by atoms with Crippen LogP contribution in [0, 0.1) is 5.92 Å². The minimum atomic E-state index is -0.108. The number of methoxy groups -OCH3 is 3.